The fraction of sp³-hybridized carbons (Fsp3) is 0.394. The van der Waals surface area contributed by atoms with E-state index in [1.165, 1.54) is 10.5 Å². The molecule has 2 saturated heterocycles. The third-order valence-corrected chi connectivity index (χ3v) is 9.68. The van der Waals surface area contributed by atoms with Crippen LogP contribution >= 0.6 is 11.3 Å². The summed E-state index contributed by atoms with van der Waals surface area (Å²) in [7, 11) is -0.999. The van der Waals surface area contributed by atoms with Gasteiger partial charge in [0.25, 0.3) is 0 Å². The number of furan rings is 1. The number of nitrogens with zero attached hydrogens (tertiary/aromatic N) is 1. The maximum Gasteiger partial charge on any atom is 0.455 e. The van der Waals surface area contributed by atoms with Gasteiger partial charge in [-0.15, -0.1) is 11.3 Å². The zero-order chi connectivity index (χ0) is 29.2. The van der Waals surface area contributed by atoms with Crippen LogP contribution in [-0.2, 0) is 27.4 Å². The van der Waals surface area contributed by atoms with Gasteiger partial charge < -0.3 is 19.2 Å². The molecule has 2 aromatic heterocycles. The molecule has 9 heteroatoms. The van der Waals surface area contributed by atoms with Gasteiger partial charge in [0.1, 0.15) is 18.1 Å². The van der Waals surface area contributed by atoms with Gasteiger partial charge in [0.05, 0.1) is 24.5 Å². The fourth-order valence-electron chi connectivity index (χ4n) is 7.05. The van der Waals surface area contributed by atoms with Gasteiger partial charge in [0.2, 0.25) is 11.8 Å². The molecular weight excluding hydrogens is 549 g/mol. The molecule has 4 heterocycles. The smallest absolute Gasteiger partial charge is 0.455 e. The normalized spacial score (nSPS) is 24.4. The van der Waals surface area contributed by atoms with E-state index < -0.39 is 13.0 Å². The van der Waals surface area contributed by atoms with Crippen molar-refractivity contribution in [3.05, 3.63) is 93.1 Å². The lowest BCUT2D eigenvalue weighted by Gasteiger charge is -2.43. The molecule has 2 amide bonds. The minimum absolute atomic E-state index is 0.0846. The zero-order valence-electron chi connectivity index (χ0n) is 23.8. The molecule has 3 aromatic rings. The Balaban J connectivity index is 1.30. The standard InChI is InChI=1S/C33H36BNO6S/c1-2-7-23-17-27-31(33(38)35(32(27)37)19-26-10-6-15-42-26)28-18-34(39)41-29(30(23)28)14-11-22(21-8-4-3-5-9-21)16-24-12-13-25(20-36)40-24/h3-6,8-10,12-13,15-16,27-29,31,36,39H,2,7,11,14,17-20H2,1H3/b22-16-/t27-,28+,29-,31-/m1/s1. The maximum atomic E-state index is 13.8. The minimum Gasteiger partial charge on any atom is -0.459 e. The average Bonchev–Trinajstić information content (AvgIpc) is 3.73. The molecule has 218 valence electrons. The van der Waals surface area contributed by atoms with Crippen LogP contribution in [0.2, 0.25) is 6.32 Å². The summed E-state index contributed by atoms with van der Waals surface area (Å²) in [4.78, 5) is 29.9. The first kappa shape index (κ1) is 28.9. The number of carbonyl (C=O) groups is 2. The summed E-state index contributed by atoms with van der Waals surface area (Å²) in [5.41, 5.74) is 4.44. The molecule has 2 fully saturated rings. The first-order valence-electron chi connectivity index (χ1n) is 14.8. The highest BCUT2D eigenvalue weighted by atomic mass is 32.1. The molecule has 2 aliphatic heterocycles. The van der Waals surface area contributed by atoms with Crippen molar-refractivity contribution in [2.75, 3.05) is 0 Å². The number of fused-ring (bicyclic) bond motifs is 3. The maximum absolute atomic E-state index is 13.8. The molecule has 6 rings (SSSR count). The summed E-state index contributed by atoms with van der Waals surface area (Å²) in [6.07, 6.45) is 5.57. The summed E-state index contributed by atoms with van der Waals surface area (Å²) < 4.78 is 12.0. The Hall–Kier alpha value is -3.24. The lowest BCUT2D eigenvalue weighted by Crippen LogP contribution is -2.46. The summed E-state index contributed by atoms with van der Waals surface area (Å²) in [6.45, 7) is 2.28. The Morgan fingerprint density at radius 2 is 1.93 bits per heavy atom. The second-order valence-electron chi connectivity index (χ2n) is 11.4. The number of hydrogen-bond acceptors (Lipinski definition) is 7. The van der Waals surface area contributed by atoms with Crippen molar-refractivity contribution < 1.29 is 28.8 Å². The number of rotatable bonds is 10. The number of allylic oxidation sites excluding steroid dienone is 2. The van der Waals surface area contributed by atoms with Gasteiger partial charge in [0, 0.05) is 4.88 Å². The fourth-order valence-corrected chi connectivity index (χ4v) is 7.74. The third kappa shape index (κ3) is 5.71. The zero-order valence-corrected chi connectivity index (χ0v) is 24.6. The van der Waals surface area contributed by atoms with Crippen molar-refractivity contribution in [1.29, 1.82) is 0 Å². The number of amides is 2. The summed E-state index contributed by atoms with van der Waals surface area (Å²) in [5, 5.41) is 22.3. The Kier molecular flexibility index (Phi) is 8.63. The van der Waals surface area contributed by atoms with E-state index in [1.807, 2.05) is 47.9 Å². The van der Waals surface area contributed by atoms with Gasteiger partial charge in [-0.2, -0.15) is 0 Å². The van der Waals surface area contributed by atoms with Crippen LogP contribution in [0.25, 0.3) is 11.6 Å². The van der Waals surface area contributed by atoms with E-state index in [2.05, 4.69) is 19.1 Å². The average molecular weight is 586 g/mol. The minimum atomic E-state index is -0.999. The second-order valence-corrected chi connectivity index (χ2v) is 12.5. The molecule has 0 unspecified atom stereocenters. The number of carbonyl (C=O) groups excluding carboxylic acids is 2. The Bertz CT molecular complexity index is 1480. The monoisotopic (exact) mass is 585 g/mol. The van der Waals surface area contributed by atoms with E-state index in [4.69, 9.17) is 9.07 Å². The van der Waals surface area contributed by atoms with Crippen LogP contribution in [0.4, 0.5) is 0 Å². The molecule has 3 aliphatic rings. The number of likely N-dealkylation sites (tertiary alicyclic amines) is 1. The first-order chi connectivity index (χ1) is 20.5. The van der Waals surface area contributed by atoms with E-state index in [0.29, 0.717) is 43.6 Å². The third-order valence-electron chi connectivity index (χ3n) is 8.82. The molecular formula is C33H36BNO6S. The molecule has 4 atom stereocenters. The van der Waals surface area contributed by atoms with E-state index in [-0.39, 0.29) is 36.4 Å². The number of hydrogen-bond donors (Lipinski definition) is 2. The highest BCUT2D eigenvalue weighted by molar-refractivity contribution is 7.09. The molecule has 1 aromatic carbocycles. The highest BCUT2D eigenvalue weighted by Gasteiger charge is 2.57. The van der Waals surface area contributed by atoms with Gasteiger partial charge in [-0.3, -0.25) is 14.5 Å². The molecule has 2 N–H and O–H groups in total. The Morgan fingerprint density at radius 1 is 1.10 bits per heavy atom. The topological polar surface area (TPSA) is 100 Å². The van der Waals surface area contributed by atoms with Crippen molar-refractivity contribution in [3.8, 4) is 0 Å². The molecule has 42 heavy (non-hydrogen) atoms. The molecule has 0 bridgehead atoms. The second kappa shape index (κ2) is 12.6. The lowest BCUT2D eigenvalue weighted by molar-refractivity contribution is -0.140. The number of thiophene rings is 1. The molecule has 1 aliphatic carbocycles. The van der Waals surface area contributed by atoms with E-state index in [9.17, 15) is 19.7 Å². The Morgan fingerprint density at radius 3 is 2.64 bits per heavy atom. The summed E-state index contributed by atoms with van der Waals surface area (Å²) in [6, 6.07) is 17.6. The van der Waals surface area contributed by atoms with Gasteiger partial charge >= 0.3 is 7.12 Å². The van der Waals surface area contributed by atoms with Crippen molar-refractivity contribution in [2.24, 2.45) is 17.8 Å². The lowest BCUT2D eigenvalue weighted by atomic mass is 9.58. The quantitative estimate of drug-likeness (QED) is 0.173. The highest BCUT2D eigenvalue weighted by Crippen LogP contribution is 2.51. The van der Waals surface area contributed by atoms with Crippen LogP contribution < -0.4 is 0 Å². The number of aliphatic hydroxyl groups excluding tert-OH is 1. The summed E-state index contributed by atoms with van der Waals surface area (Å²) in [5.74, 6) is -0.0928. The van der Waals surface area contributed by atoms with Crippen LogP contribution in [0.5, 0.6) is 0 Å². The largest absolute Gasteiger partial charge is 0.459 e. The van der Waals surface area contributed by atoms with Crippen LogP contribution in [0, 0.1) is 17.8 Å². The number of imide groups is 1. The van der Waals surface area contributed by atoms with Crippen molar-refractivity contribution in [3.63, 3.8) is 0 Å². The number of benzene rings is 1. The number of aliphatic hydroxyl groups is 1. The van der Waals surface area contributed by atoms with Crippen molar-refractivity contribution >= 4 is 41.9 Å². The van der Waals surface area contributed by atoms with Crippen LogP contribution in [-0.4, -0.2) is 40.1 Å². The SMILES string of the molecule is CCCC1=C2[C@@H](CC/C(=C/c3ccc(CO)o3)c3ccccc3)OB(O)C[C@@H]2[C@@H]2C(=O)N(Cc3cccs3)C(=O)[C@@H]2C1. The molecule has 0 radical (unpaired) electrons. The predicted octanol–water partition coefficient (Wildman–Crippen LogP) is 5.95. The van der Waals surface area contributed by atoms with Gasteiger partial charge in [-0.1, -0.05) is 55.3 Å². The van der Waals surface area contributed by atoms with Gasteiger partial charge in [0.15, 0.2) is 0 Å². The van der Waals surface area contributed by atoms with Crippen LogP contribution in [0.1, 0.15) is 61.0 Å². The van der Waals surface area contributed by atoms with E-state index in [1.54, 1.807) is 17.4 Å². The molecule has 0 saturated carbocycles. The van der Waals surface area contributed by atoms with Gasteiger partial charge in [-0.05, 0) is 84.3 Å². The first-order valence-corrected chi connectivity index (χ1v) is 15.7. The van der Waals surface area contributed by atoms with Gasteiger partial charge in [-0.25, -0.2) is 0 Å². The van der Waals surface area contributed by atoms with E-state index >= 15 is 0 Å². The van der Waals surface area contributed by atoms with E-state index in [0.717, 1.165) is 34.4 Å². The van der Waals surface area contributed by atoms with Crippen molar-refractivity contribution in [2.45, 2.75) is 64.6 Å². The van der Waals surface area contributed by atoms with Crippen LogP contribution in [0.15, 0.2) is 75.5 Å². The molecule has 7 nitrogen and oxygen atoms in total. The Labute approximate surface area is 250 Å². The van der Waals surface area contributed by atoms with Crippen LogP contribution in [0.3, 0.4) is 0 Å². The predicted molar refractivity (Wildman–Crippen MR) is 163 cm³/mol. The van der Waals surface area contributed by atoms with Crippen molar-refractivity contribution in [1.82, 2.24) is 4.90 Å². The molecule has 0 spiro atoms. The summed E-state index contributed by atoms with van der Waals surface area (Å²) >= 11 is 1.55.